The van der Waals surface area contributed by atoms with E-state index in [9.17, 15) is 4.79 Å². The van der Waals surface area contributed by atoms with Crippen LogP contribution < -0.4 is 5.32 Å². The van der Waals surface area contributed by atoms with Gasteiger partial charge in [0, 0.05) is 36.8 Å². The molecule has 0 unspecified atom stereocenters. The molecule has 2 heterocycles. The summed E-state index contributed by atoms with van der Waals surface area (Å²) in [5.41, 5.74) is 1.14. The van der Waals surface area contributed by atoms with Crippen molar-refractivity contribution in [1.82, 2.24) is 15.1 Å². The third-order valence-electron chi connectivity index (χ3n) is 6.85. The Kier molecular flexibility index (Phi) is 6.14. The minimum Gasteiger partial charge on any atom is -0.339 e. The van der Waals surface area contributed by atoms with E-state index in [4.69, 9.17) is 0 Å². The van der Waals surface area contributed by atoms with Crippen LogP contribution in [0.4, 0.5) is 0 Å². The van der Waals surface area contributed by atoms with Gasteiger partial charge in [0.1, 0.15) is 0 Å². The van der Waals surface area contributed by atoms with Crippen molar-refractivity contribution in [3.63, 3.8) is 0 Å². The van der Waals surface area contributed by atoms with Gasteiger partial charge in [-0.25, -0.2) is 0 Å². The zero-order valence-electron chi connectivity index (χ0n) is 16.7. The van der Waals surface area contributed by atoms with Gasteiger partial charge < -0.3 is 15.1 Å². The first-order chi connectivity index (χ1) is 13.2. The van der Waals surface area contributed by atoms with Crippen LogP contribution in [0.3, 0.4) is 0 Å². The van der Waals surface area contributed by atoms with Crippen LogP contribution in [0.2, 0.25) is 0 Å². The Morgan fingerprint density at radius 2 is 1.59 bits per heavy atom. The van der Waals surface area contributed by atoms with Crippen LogP contribution in [-0.2, 0) is 0 Å². The van der Waals surface area contributed by atoms with E-state index >= 15 is 0 Å². The monoisotopic (exact) mass is 369 g/mol. The van der Waals surface area contributed by atoms with Crippen molar-refractivity contribution in [3.05, 3.63) is 35.9 Å². The van der Waals surface area contributed by atoms with E-state index in [-0.39, 0.29) is 5.91 Å². The summed E-state index contributed by atoms with van der Waals surface area (Å²) in [7, 11) is 0. The first-order valence-corrected chi connectivity index (χ1v) is 11.1. The van der Waals surface area contributed by atoms with Crippen LogP contribution in [0.25, 0.3) is 0 Å². The number of hydrogen-bond acceptors (Lipinski definition) is 3. The van der Waals surface area contributed by atoms with Crippen molar-refractivity contribution in [2.45, 2.75) is 69.4 Å². The van der Waals surface area contributed by atoms with Crippen molar-refractivity contribution < 1.29 is 4.79 Å². The highest BCUT2D eigenvalue weighted by atomic mass is 16.2. The number of piperidine rings is 1. The van der Waals surface area contributed by atoms with E-state index in [2.05, 4.69) is 10.2 Å². The second kappa shape index (κ2) is 8.74. The lowest BCUT2D eigenvalue weighted by atomic mass is 9.80. The summed E-state index contributed by atoms with van der Waals surface area (Å²) in [5.74, 6) is 0.193. The summed E-state index contributed by atoms with van der Waals surface area (Å²) in [6.45, 7) is 5.56. The summed E-state index contributed by atoms with van der Waals surface area (Å²) in [6.07, 6.45) is 11.7. The topological polar surface area (TPSA) is 35.6 Å². The predicted molar refractivity (Wildman–Crippen MR) is 110 cm³/mol. The molecule has 3 fully saturated rings. The van der Waals surface area contributed by atoms with E-state index in [1.54, 1.807) is 0 Å². The van der Waals surface area contributed by atoms with Gasteiger partial charge in [0.05, 0.1) is 0 Å². The van der Waals surface area contributed by atoms with Gasteiger partial charge in [-0.05, 0) is 63.7 Å². The number of amides is 1. The van der Waals surface area contributed by atoms with Gasteiger partial charge in [-0.2, -0.15) is 0 Å². The number of benzene rings is 1. The summed E-state index contributed by atoms with van der Waals surface area (Å²) in [4.78, 5) is 17.4. The average Bonchev–Trinajstić information content (AvgIpc) is 3.22. The molecular weight excluding hydrogens is 334 g/mol. The number of carbonyl (C=O) groups is 1. The zero-order chi connectivity index (χ0) is 18.5. The lowest BCUT2D eigenvalue weighted by molar-refractivity contribution is 0.0669. The van der Waals surface area contributed by atoms with Gasteiger partial charge in [0.25, 0.3) is 5.91 Å². The Bertz CT molecular complexity index is 597. The summed E-state index contributed by atoms with van der Waals surface area (Å²) < 4.78 is 0. The first-order valence-electron chi connectivity index (χ1n) is 11.1. The number of carbonyl (C=O) groups excluding carboxylic acids is 1. The lowest BCUT2D eigenvalue weighted by Gasteiger charge is -2.45. The Morgan fingerprint density at radius 1 is 0.926 bits per heavy atom. The van der Waals surface area contributed by atoms with Crippen LogP contribution in [0.15, 0.2) is 30.3 Å². The quantitative estimate of drug-likeness (QED) is 0.860. The number of likely N-dealkylation sites (tertiary alicyclic amines) is 2. The highest BCUT2D eigenvalue weighted by molar-refractivity contribution is 5.94. The van der Waals surface area contributed by atoms with Crippen molar-refractivity contribution in [2.75, 3.05) is 32.7 Å². The second-order valence-corrected chi connectivity index (χ2v) is 8.90. The molecule has 0 bridgehead atoms. The van der Waals surface area contributed by atoms with E-state index in [0.717, 1.165) is 31.5 Å². The Morgan fingerprint density at radius 3 is 2.26 bits per heavy atom. The largest absolute Gasteiger partial charge is 0.339 e. The maximum atomic E-state index is 12.7. The molecule has 1 aromatic carbocycles. The van der Waals surface area contributed by atoms with E-state index in [1.165, 1.54) is 64.6 Å². The second-order valence-electron chi connectivity index (χ2n) is 8.90. The summed E-state index contributed by atoms with van der Waals surface area (Å²) >= 11 is 0. The van der Waals surface area contributed by atoms with E-state index in [1.807, 2.05) is 35.2 Å². The number of hydrogen-bond donors (Lipinski definition) is 1. The Labute approximate surface area is 164 Å². The number of nitrogens with zero attached hydrogens (tertiary/aromatic N) is 2. The predicted octanol–water partition coefficient (Wildman–Crippen LogP) is 3.68. The van der Waals surface area contributed by atoms with Gasteiger partial charge >= 0.3 is 0 Å². The molecule has 4 heteroatoms. The smallest absolute Gasteiger partial charge is 0.253 e. The molecule has 0 aromatic heterocycles. The Hall–Kier alpha value is -1.39. The van der Waals surface area contributed by atoms with Gasteiger partial charge in [0.2, 0.25) is 0 Å². The molecule has 1 aliphatic carbocycles. The molecule has 1 aromatic rings. The van der Waals surface area contributed by atoms with Crippen LogP contribution in [-0.4, -0.2) is 60.0 Å². The number of nitrogens with one attached hydrogen (secondary N) is 1. The molecule has 3 aliphatic rings. The van der Waals surface area contributed by atoms with Crippen LogP contribution >= 0.6 is 0 Å². The SMILES string of the molecule is O=C(c1ccccc1)N1CCC(NC2(CN3CCCC3)CCCCC2)CC1. The Balaban J connectivity index is 1.33. The number of rotatable bonds is 5. The van der Waals surface area contributed by atoms with Gasteiger partial charge in [0.15, 0.2) is 0 Å². The molecule has 0 radical (unpaired) electrons. The minimum absolute atomic E-state index is 0.193. The standard InChI is InChI=1S/C23H35N3O/c27-22(20-9-3-1-4-10-20)26-17-11-21(12-18-26)24-23(13-5-2-6-14-23)19-25-15-7-8-16-25/h1,3-4,9-10,21,24H,2,5-8,11-19H2. The van der Waals surface area contributed by atoms with Gasteiger partial charge in [-0.1, -0.05) is 37.5 Å². The van der Waals surface area contributed by atoms with Crippen LogP contribution in [0, 0.1) is 0 Å². The normalized spacial score (nSPS) is 24.2. The fourth-order valence-electron chi connectivity index (χ4n) is 5.37. The molecule has 0 atom stereocenters. The van der Waals surface area contributed by atoms with Gasteiger partial charge in [-0.3, -0.25) is 4.79 Å². The maximum absolute atomic E-state index is 12.7. The fraction of sp³-hybridized carbons (Fsp3) is 0.696. The molecule has 1 N–H and O–H groups in total. The highest BCUT2D eigenvalue weighted by Crippen LogP contribution is 2.32. The molecule has 27 heavy (non-hydrogen) atoms. The molecular formula is C23H35N3O. The van der Waals surface area contributed by atoms with Crippen LogP contribution in [0.5, 0.6) is 0 Å². The maximum Gasteiger partial charge on any atom is 0.253 e. The van der Waals surface area contributed by atoms with Crippen molar-refractivity contribution >= 4 is 5.91 Å². The minimum atomic E-state index is 0.193. The average molecular weight is 370 g/mol. The molecule has 1 saturated carbocycles. The van der Waals surface area contributed by atoms with Crippen molar-refractivity contribution in [1.29, 1.82) is 0 Å². The summed E-state index contributed by atoms with van der Waals surface area (Å²) in [5, 5.41) is 4.12. The molecule has 4 nitrogen and oxygen atoms in total. The molecule has 1 amide bonds. The van der Waals surface area contributed by atoms with Crippen molar-refractivity contribution in [3.8, 4) is 0 Å². The highest BCUT2D eigenvalue weighted by Gasteiger charge is 2.37. The first kappa shape index (κ1) is 18.9. The molecule has 148 valence electrons. The van der Waals surface area contributed by atoms with E-state index in [0.29, 0.717) is 11.6 Å². The molecule has 2 saturated heterocycles. The zero-order valence-corrected chi connectivity index (χ0v) is 16.7. The van der Waals surface area contributed by atoms with Crippen LogP contribution in [0.1, 0.15) is 68.1 Å². The third kappa shape index (κ3) is 4.72. The van der Waals surface area contributed by atoms with Crippen molar-refractivity contribution in [2.24, 2.45) is 0 Å². The molecule has 4 rings (SSSR count). The third-order valence-corrected chi connectivity index (χ3v) is 6.85. The lowest BCUT2D eigenvalue weighted by Crippen LogP contribution is -2.59. The molecule has 0 spiro atoms. The van der Waals surface area contributed by atoms with E-state index < -0.39 is 0 Å². The fourth-order valence-corrected chi connectivity index (χ4v) is 5.37. The van der Waals surface area contributed by atoms with Gasteiger partial charge in [-0.15, -0.1) is 0 Å². The molecule has 2 aliphatic heterocycles. The summed E-state index contributed by atoms with van der Waals surface area (Å²) in [6, 6.07) is 10.3.